The fourth-order valence-electron chi connectivity index (χ4n) is 2.37. The monoisotopic (exact) mass is 361 g/mol. The Morgan fingerprint density at radius 1 is 1.12 bits per heavy atom. The van der Waals surface area contributed by atoms with Crippen LogP contribution in [0.5, 0.6) is 0 Å². The topological polar surface area (TPSA) is 67.2 Å². The molecule has 0 aliphatic rings. The quantitative estimate of drug-likeness (QED) is 0.691. The van der Waals surface area contributed by atoms with Crippen LogP contribution < -0.4 is 5.32 Å². The molecule has 0 amide bonds. The van der Waals surface area contributed by atoms with Crippen molar-refractivity contribution >= 4 is 40.7 Å². The first-order valence-electron chi connectivity index (χ1n) is 7.08. The lowest BCUT2D eigenvalue weighted by atomic mass is 10.2. The van der Waals surface area contributed by atoms with E-state index in [0.717, 1.165) is 5.69 Å². The summed E-state index contributed by atoms with van der Waals surface area (Å²) in [6, 6.07) is 13.6. The number of aryl methyl sites for hydroxylation is 1. The molecule has 2 aromatic carbocycles. The van der Waals surface area contributed by atoms with Gasteiger partial charge in [0.1, 0.15) is 11.5 Å². The molecule has 24 heavy (non-hydrogen) atoms. The number of anilines is 2. The lowest BCUT2D eigenvalue weighted by Crippen LogP contribution is -2.07. The molecule has 3 rings (SSSR count). The number of rotatable bonds is 4. The van der Waals surface area contributed by atoms with E-state index in [9.17, 15) is 9.90 Å². The largest absolute Gasteiger partial charge is 0.478 e. The van der Waals surface area contributed by atoms with Gasteiger partial charge in [-0.25, -0.2) is 9.48 Å². The van der Waals surface area contributed by atoms with Gasteiger partial charge in [-0.3, -0.25) is 0 Å². The van der Waals surface area contributed by atoms with Gasteiger partial charge in [-0.15, -0.1) is 0 Å². The third-order valence-electron chi connectivity index (χ3n) is 3.40. The van der Waals surface area contributed by atoms with Crippen LogP contribution >= 0.6 is 23.2 Å². The first-order chi connectivity index (χ1) is 11.5. The van der Waals surface area contributed by atoms with Crippen molar-refractivity contribution in [2.24, 2.45) is 0 Å². The van der Waals surface area contributed by atoms with Gasteiger partial charge in [-0.1, -0.05) is 41.4 Å². The van der Waals surface area contributed by atoms with Crippen molar-refractivity contribution in [2.45, 2.75) is 6.92 Å². The molecule has 0 saturated carbocycles. The Bertz CT molecular complexity index is 902. The van der Waals surface area contributed by atoms with Crippen LogP contribution in [0.4, 0.5) is 11.5 Å². The van der Waals surface area contributed by atoms with Crippen LogP contribution in [0.2, 0.25) is 10.0 Å². The van der Waals surface area contributed by atoms with Crippen LogP contribution in [0.15, 0.2) is 48.5 Å². The van der Waals surface area contributed by atoms with Crippen LogP contribution in [0.1, 0.15) is 16.1 Å². The molecule has 1 heterocycles. The second-order valence-electron chi connectivity index (χ2n) is 5.13. The van der Waals surface area contributed by atoms with Crippen LogP contribution in [0.3, 0.4) is 0 Å². The van der Waals surface area contributed by atoms with E-state index in [1.54, 1.807) is 47.1 Å². The van der Waals surface area contributed by atoms with Gasteiger partial charge in [-0.2, -0.15) is 5.10 Å². The van der Waals surface area contributed by atoms with Crippen molar-refractivity contribution in [2.75, 3.05) is 5.32 Å². The van der Waals surface area contributed by atoms with Crippen molar-refractivity contribution in [3.63, 3.8) is 0 Å². The molecule has 0 spiro atoms. The molecule has 0 aliphatic carbocycles. The third-order valence-corrected chi connectivity index (χ3v) is 4.01. The molecule has 0 atom stereocenters. The van der Waals surface area contributed by atoms with Crippen molar-refractivity contribution < 1.29 is 9.90 Å². The van der Waals surface area contributed by atoms with Gasteiger partial charge in [0.2, 0.25) is 0 Å². The van der Waals surface area contributed by atoms with Gasteiger partial charge in [0.15, 0.2) is 0 Å². The third kappa shape index (κ3) is 3.09. The number of hydrogen-bond donors (Lipinski definition) is 2. The summed E-state index contributed by atoms with van der Waals surface area (Å²) in [6.07, 6.45) is 0. The molecule has 0 unspecified atom stereocenters. The molecular weight excluding hydrogens is 349 g/mol. The van der Waals surface area contributed by atoms with Gasteiger partial charge in [0, 0.05) is 6.07 Å². The molecule has 7 heteroatoms. The number of carbonyl (C=O) groups is 1. The number of halogens is 2. The summed E-state index contributed by atoms with van der Waals surface area (Å²) in [5.74, 6) is -0.451. The number of nitrogens with zero attached hydrogens (tertiary/aromatic N) is 2. The van der Waals surface area contributed by atoms with Crippen LogP contribution in [-0.4, -0.2) is 20.9 Å². The van der Waals surface area contributed by atoms with Crippen LogP contribution in [0.25, 0.3) is 5.69 Å². The van der Waals surface area contributed by atoms with Crippen LogP contribution in [-0.2, 0) is 0 Å². The SMILES string of the molecule is Cc1cc(Nc2ccccc2C(=O)O)n(-c2c(Cl)cccc2Cl)n1. The first kappa shape index (κ1) is 16.4. The smallest absolute Gasteiger partial charge is 0.337 e. The minimum Gasteiger partial charge on any atom is -0.478 e. The Hall–Kier alpha value is -2.50. The van der Waals surface area contributed by atoms with E-state index in [1.807, 2.05) is 6.92 Å². The van der Waals surface area contributed by atoms with E-state index >= 15 is 0 Å². The summed E-state index contributed by atoms with van der Waals surface area (Å²) in [5, 5.41) is 17.7. The Morgan fingerprint density at radius 3 is 2.46 bits per heavy atom. The standard InChI is InChI=1S/C17H13Cl2N3O2/c1-10-9-15(20-14-8-3-2-5-11(14)17(23)24)22(21-10)16-12(18)6-4-7-13(16)19/h2-9,20H,1H3,(H,23,24). The molecule has 0 aliphatic heterocycles. The number of aromatic carboxylic acids is 1. The van der Waals surface area contributed by atoms with E-state index in [1.165, 1.54) is 6.07 Å². The summed E-state index contributed by atoms with van der Waals surface area (Å²) in [7, 11) is 0. The summed E-state index contributed by atoms with van der Waals surface area (Å²) in [4.78, 5) is 11.4. The fourth-order valence-corrected chi connectivity index (χ4v) is 2.92. The lowest BCUT2D eigenvalue weighted by molar-refractivity contribution is 0.0698. The van der Waals surface area contributed by atoms with Crippen LogP contribution in [0, 0.1) is 6.92 Å². The number of benzene rings is 2. The lowest BCUT2D eigenvalue weighted by Gasteiger charge is -2.13. The molecule has 0 bridgehead atoms. The van der Waals surface area contributed by atoms with Crippen molar-refractivity contribution in [3.8, 4) is 5.69 Å². The Labute approximate surface area is 148 Å². The summed E-state index contributed by atoms with van der Waals surface area (Å²) in [6.45, 7) is 1.83. The zero-order valence-corrected chi connectivity index (χ0v) is 14.1. The molecule has 122 valence electrons. The van der Waals surface area contributed by atoms with Crippen molar-refractivity contribution in [1.82, 2.24) is 9.78 Å². The van der Waals surface area contributed by atoms with E-state index in [-0.39, 0.29) is 5.56 Å². The minimum atomic E-state index is -1.02. The zero-order chi connectivity index (χ0) is 17.3. The molecule has 2 N–H and O–H groups in total. The zero-order valence-electron chi connectivity index (χ0n) is 12.6. The minimum absolute atomic E-state index is 0.160. The second kappa shape index (κ2) is 6.55. The average Bonchev–Trinajstić information content (AvgIpc) is 2.88. The normalized spacial score (nSPS) is 10.6. The van der Waals surface area contributed by atoms with E-state index < -0.39 is 5.97 Å². The molecular formula is C17H13Cl2N3O2. The fraction of sp³-hybridized carbons (Fsp3) is 0.0588. The highest BCUT2D eigenvalue weighted by molar-refractivity contribution is 6.37. The maximum absolute atomic E-state index is 11.4. The highest BCUT2D eigenvalue weighted by atomic mass is 35.5. The van der Waals surface area contributed by atoms with Gasteiger partial charge >= 0.3 is 5.97 Å². The van der Waals surface area contributed by atoms with Gasteiger partial charge < -0.3 is 10.4 Å². The van der Waals surface area contributed by atoms with E-state index in [2.05, 4.69) is 10.4 Å². The maximum Gasteiger partial charge on any atom is 0.337 e. The first-order valence-corrected chi connectivity index (χ1v) is 7.83. The summed E-state index contributed by atoms with van der Waals surface area (Å²) in [5.41, 5.74) is 1.88. The molecule has 5 nitrogen and oxygen atoms in total. The van der Waals surface area contributed by atoms with E-state index in [0.29, 0.717) is 27.2 Å². The predicted molar refractivity (Wildman–Crippen MR) is 95.0 cm³/mol. The molecule has 1 aromatic heterocycles. The molecule has 0 saturated heterocycles. The maximum atomic E-state index is 11.4. The number of hydrogen-bond acceptors (Lipinski definition) is 3. The number of aromatic nitrogens is 2. The number of nitrogens with one attached hydrogen (secondary N) is 1. The Kier molecular flexibility index (Phi) is 4.46. The molecule has 0 fully saturated rings. The van der Waals surface area contributed by atoms with E-state index in [4.69, 9.17) is 23.2 Å². The molecule has 0 radical (unpaired) electrons. The number of carboxylic acid groups (broad SMARTS) is 1. The summed E-state index contributed by atoms with van der Waals surface area (Å²) >= 11 is 12.5. The van der Waals surface area contributed by atoms with Gasteiger partial charge in [0.25, 0.3) is 0 Å². The highest BCUT2D eigenvalue weighted by Gasteiger charge is 2.16. The van der Waals surface area contributed by atoms with Gasteiger partial charge in [0.05, 0.1) is 27.0 Å². The van der Waals surface area contributed by atoms with Gasteiger partial charge in [-0.05, 0) is 31.2 Å². The van der Waals surface area contributed by atoms with Crippen molar-refractivity contribution in [3.05, 3.63) is 69.8 Å². The number of para-hydroxylation sites is 2. The summed E-state index contributed by atoms with van der Waals surface area (Å²) < 4.78 is 1.57. The van der Waals surface area contributed by atoms with Crippen molar-refractivity contribution in [1.29, 1.82) is 0 Å². The number of carboxylic acids is 1. The Balaban J connectivity index is 2.10. The highest BCUT2D eigenvalue weighted by Crippen LogP contribution is 2.32. The molecule has 3 aromatic rings. The second-order valence-corrected chi connectivity index (χ2v) is 5.94. The average molecular weight is 362 g/mol. The predicted octanol–water partition coefficient (Wildman–Crippen LogP) is 4.93. The Morgan fingerprint density at radius 2 is 1.79 bits per heavy atom.